The van der Waals surface area contributed by atoms with Gasteiger partial charge in [-0.05, 0) is 31.9 Å². The molecule has 1 aromatic rings. The topological polar surface area (TPSA) is 59.0 Å². The van der Waals surface area contributed by atoms with Gasteiger partial charge in [0.2, 0.25) is 0 Å². The highest BCUT2D eigenvalue weighted by atomic mass is 32.2. The zero-order valence-corrected chi connectivity index (χ0v) is 12.6. The minimum Gasteiger partial charge on any atom is -0.336 e. The van der Waals surface area contributed by atoms with Crippen LogP contribution in [0.15, 0.2) is 6.07 Å². The first-order valence-electron chi connectivity index (χ1n) is 6.74. The minimum atomic E-state index is -0.153. The first kappa shape index (κ1) is 14.2. The van der Waals surface area contributed by atoms with E-state index < -0.39 is 0 Å². The van der Waals surface area contributed by atoms with Crippen LogP contribution in [0, 0.1) is 0 Å². The molecule has 1 aliphatic rings. The maximum atomic E-state index is 11.9. The normalized spacial score (nSPS) is 22.5. The lowest BCUT2D eigenvalue weighted by molar-refractivity contribution is 0.251. The molecule has 1 aliphatic heterocycles. The highest BCUT2D eigenvalue weighted by molar-refractivity contribution is 8.00. The molecular formula is C13H22N4OS. The Morgan fingerprint density at radius 2 is 2.42 bits per heavy atom. The molecule has 0 unspecified atom stereocenters. The second-order valence-electron chi connectivity index (χ2n) is 5.21. The Balaban J connectivity index is 1.85. The Bertz CT molecular complexity index is 451. The van der Waals surface area contributed by atoms with Gasteiger partial charge in [0.1, 0.15) is 5.82 Å². The Morgan fingerprint density at radius 1 is 1.63 bits per heavy atom. The highest BCUT2D eigenvalue weighted by Crippen LogP contribution is 2.36. The second kappa shape index (κ2) is 5.86. The number of carbonyl (C=O) groups excluding carboxylic acids is 1. The quantitative estimate of drug-likeness (QED) is 0.891. The zero-order valence-electron chi connectivity index (χ0n) is 11.8. The number of thioether (sulfide) groups is 1. The van der Waals surface area contributed by atoms with Crippen molar-refractivity contribution in [2.75, 3.05) is 17.6 Å². The summed E-state index contributed by atoms with van der Waals surface area (Å²) in [6.07, 6.45) is 3.28. The van der Waals surface area contributed by atoms with E-state index >= 15 is 0 Å². The number of aromatic nitrogens is 2. The SMILES string of the molecule is CCc1cc(NC(=O)NC[C@@]2(C)CCCS2)n(C)n1. The third-order valence-electron chi connectivity index (χ3n) is 3.46. The number of amides is 2. The first-order chi connectivity index (χ1) is 9.02. The molecule has 6 heteroatoms. The van der Waals surface area contributed by atoms with Crippen molar-refractivity contribution in [2.45, 2.75) is 37.9 Å². The Labute approximate surface area is 118 Å². The van der Waals surface area contributed by atoms with E-state index in [1.807, 2.05) is 31.8 Å². The monoisotopic (exact) mass is 282 g/mol. The molecule has 1 fully saturated rings. The summed E-state index contributed by atoms with van der Waals surface area (Å²) in [5, 5.41) is 10.1. The van der Waals surface area contributed by atoms with Gasteiger partial charge in [-0.2, -0.15) is 16.9 Å². The third kappa shape index (κ3) is 3.65. The molecule has 5 nitrogen and oxygen atoms in total. The van der Waals surface area contributed by atoms with Crippen molar-refractivity contribution in [1.29, 1.82) is 0 Å². The van der Waals surface area contributed by atoms with Crippen LogP contribution >= 0.6 is 11.8 Å². The van der Waals surface area contributed by atoms with Crippen LogP contribution in [0.25, 0.3) is 0 Å². The predicted molar refractivity (Wildman–Crippen MR) is 79.7 cm³/mol. The standard InChI is InChI=1S/C13H22N4OS/c1-4-10-8-11(17(3)16-10)15-12(18)14-9-13(2)6-5-7-19-13/h8H,4-7,9H2,1-3H3,(H2,14,15,18)/t13-/m1/s1. The molecule has 106 valence electrons. The number of anilines is 1. The lowest BCUT2D eigenvalue weighted by Gasteiger charge is -2.22. The molecule has 0 spiro atoms. The van der Waals surface area contributed by atoms with Gasteiger partial charge in [0, 0.05) is 24.4 Å². The van der Waals surface area contributed by atoms with Gasteiger partial charge >= 0.3 is 6.03 Å². The van der Waals surface area contributed by atoms with Crippen molar-refractivity contribution in [3.63, 3.8) is 0 Å². The van der Waals surface area contributed by atoms with E-state index in [2.05, 4.69) is 22.7 Å². The molecule has 0 aromatic carbocycles. The molecular weight excluding hydrogens is 260 g/mol. The summed E-state index contributed by atoms with van der Waals surface area (Å²) in [5.74, 6) is 1.93. The van der Waals surface area contributed by atoms with Crippen LogP contribution in [-0.4, -0.2) is 32.9 Å². The van der Waals surface area contributed by atoms with Gasteiger partial charge in [-0.25, -0.2) is 4.79 Å². The van der Waals surface area contributed by atoms with E-state index in [9.17, 15) is 4.79 Å². The molecule has 1 aromatic heterocycles. The van der Waals surface area contributed by atoms with Crippen LogP contribution in [0.1, 0.15) is 32.4 Å². The summed E-state index contributed by atoms with van der Waals surface area (Å²) in [6, 6.07) is 1.75. The summed E-state index contributed by atoms with van der Waals surface area (Å²) < 4.78 is 1.89. The van der Waals surface area contributed by atoms with Crippen molar-refractivity contribution in [2.24, 2.45) is 7.05 Å². The lowest BCUT2D eigenvalue weighted by Crippen LogP contribution is -2.39. The first-order valence-corrected chi connectivity index (χ1v) is 7.73. The fraction of sp³-hybridized carbons (Fsp3) is 0.692. The van der Waals surface area contributed by atoms with Gasteiger partial charge in [-0.15, -0.1) is 0 Å². The number of nitrogens with one attached hydrogen (secondary N) is 2. The molecule has 0 bridgehead atoms. The van der Waals surface area contributed by atoms with Crippen molar-refractivity contribution >= 4 is 23.6 Å². The molecule has 0 saturated carbocycles. The van der Waals surface area contributed by atoms with Gasteiger partial charge in [-0.3, -0.25) is 10.00 Å². The summed E-state index contributed by atoms with van der Waals surface area (Å²) in [7, 11) is 1.84. The van der Waals surface area contributed by atoms with Gasteiger partial charge in [0.05, 0.1) is 5.69 Å². The molecule has 2 rings (SSSR count). The van der Waals surface area contributed by atoms with Gasteiger partial charge in [-0.1, -0.05) is 6.92 Å². The predicted octanol–water partition coefficient (Wildman–Crippen LogP) is 2.39. The summed E-state index contributed by atoms with van der Waals surface area (Å²) in [4.78, 5) is 11.9. The number of hydrogen-bond donors (Lipinski definition) is 2. The third-order valence-corrected chi connectivity index (χ3v) is 5.00. The molecule has 2 N–H and O–H groups in total. The minimum absolute atomic E-state index is 0.153. The molecule has 2 amide bonds. The second-order valence-corrected chi connectivity index (χ2v) is 6.89. The molecule has 19 heavy (non-hydrogen) atoms. The van der Waals surface area contributed by atoms with Crippen LogP contribution in [0.4, 0.5) is 10.6 Å². The van der Waals surface area contributed by atoms with Gasteiger partial charge < -0.3 is 5.32 Å². The van der Waals surface area contributed by atoms with Gasteiger partial charge in [0.25, 0.3) is 0 Å². The zero-order chi connectivity index (χ0) is 13.9. The van der Waals surface area contributed by atoms with E-state index in [-0.39, 0.29) is 10.8 Å². The number of aryl methyl sites for hydroxylation is 2. The Hall–Kier alpha value is -1.17. The van der Waals surface area contributed by atoms with E-state index in [0.717, 1.165) is 17.9 Å². The number of rotatable bonds is 4. The fourth-order valence-corrected chi connectivity index (χ4v) is 3.46. The number of carbonyl (C=O) groups is 1. The van der Waals surface area contributed by atoms with Crippen LogP contribution in [0.3, 0.4) is 0 Å². The average molecular weight is 282 g/mol. The van der Waals surface area contributed by atoms with Crippen molar-refractivity contribution in [1.82, 2.24) is 15.1 Å². The van der Waals surface area contributed by atoms with E-state index in [1.165, 1.54) is 18.6 Å². The number of nitrogens with zero attached hydrogens (tertiary/aromatic N) is 2. The van der Waals surface area contributed by atoms with E-state index in [4.69, 9.17) is 0 Å². The molecule has 0 aliphatic carbocycles. The van der Waals surface area contributed by atoms with Crippen LogP contribution in [0.5, 0.6) is 0 Å². The Morgan fingerprint density at radius 3 is 3.00 bits per heavy atom. The summed E-state index contributed by atoms with van der Waals surface area (Å²) in [5.41, 5.74) is 0.983. The maximum absolute atomic E-state index is 11.9. The van der Waals surface area contributed by atoms with Crippen LogP contribution in [-0.2, 0) is 13.5 Å². The van der Waals surface area contributed by atoms with Crippen LogP contribution < -0.4 is 10.6 Å². The fourth-order valence-electron chi connectivity index (χ4n) is 2.22. The van der Waals surface area contributed by atoms with Gasteiger partial charge in [0.15, 0.2) is 0 Å². The Kier molecular flexibility index (Phi) is 4.39. The van der Waals surface area contributed by atoms with Crippen molar-refractivity contribution in [3.05, 3.63) is 11.8 Å². The number of hydrogen-bond acceptors (Lipinski definition) is 3. The molecule has 1 saturated heterocycles. The highest BCUT2D eigenvalue weighted by Gasteiger charge is 2.29. The summed E-state index contributed by atoms with van der Waals surface area (Å²) >= 11 is 1.94. The van der Waals surface area contributed by atoms with E-state index in [0.29, 0.717) is 6.54 Å². The van der Waals surface area contributed by atoms with Crippen molar-refractivity contribution in [3.8, 4) is 0 Å². The molecule has 2 heterocycles. The molecule has 1 atom stereocenters. The van der Waals surface area contributed by atoms with Crippen molar-refractivity contribution < 1.29 is 4.79 Å². The van der Waals surface area contributed by atoms with E-state index in [1.54, 1.807) is 4.68 Å². The molecule has 0 radical (unpaired) electrons. The smallest absolute Gasteiger partial charge is 0.320 e. The lowest BCUT2D eigenvalue weighted by atomic mass is 10.1. The largest absolute Gasteiger partial charge is 0.336 e. The summed E-state index contributed by atoms with van der Waals surface area (Å²) in [6.45, 7) is 4.97. The number of urea groups is 1. The van der Waals surface area contributed by atoms with Crippen LogP contribution in [0.2, 0.25) is 0 Å². The average Bonchev–Trinajstić information content (AvgIpc) is 2.95. The maximum Gasteiger partial charge on any atom is 0.320 e.